The number of methoxy groups -OCH3 is 1. The molecule has 0 atom stereocenters. The van der Waals surface area contributed by atoms with Gasteiger partial charge in [0, 0.05) is 34.4 Å². The summed E-state index contributed by atoms with van der Waals surface area (Å²) < 4.78 is 6.62. The number of aryl methyl sites for hydroxylation is 1. The lowest BCUT2D eigenvalue weighted by molar-refractivity contribution is -0.139. The lowest BCUT2D eigenvalue weighted by Gasteiger charge is -2.09. The highest BCUT2D eigenvalue weighted by Gasteiger charge is 2.10. The monoisotopic (exact) mass is 431 g/mol. The molecule has 0 aliphatic carbocycles. The van der Waals surface area contributed by atoms with E-state index in [-0.39, 0.29) is 12.5 Å². The van der Waals surface area contributed by atoms with Crippen LogP contribution >= 0.6 is 0 Å². The van der Waals surface area contributed by atoms with Gasteiger partial charge in [-0.1, -0.05) is 18.2 Å². The van der Waals surface area contributed by atoms with E-state index in [4.69, 9.17) is 0 Å². The molecule has 7 heteroatoms. The van der Waals surface area contributed by atoms with Crippen LogP contribution in [0.4, 0.5) is 5.69 Å². The zero-order valence-electron chi connectivity index (χ0n) is 18.2. The van der Waals surface area contributed by atoms with Gasteiger partial charge in [0.05, 0.1) is 7.11 Å². The Morgan fingerprint density at radius 3 is 2.34 bits per heavy atom. The maximum absolute atomic E-state index is 12.4. The van der Waals surface area contributed by atoms with Gasteiger partial charge >= 0.3 is 5.97 Å². The number of nitrogens with one attached hydrogen (secondary N) is 2. The third kappa shape index (κ3) is 5.51. The zero-order chi connectivity index (χ0) is 23.1. The number of nitrogens with zero attached hydrogens (tertiary/aromatic N) is 1. The number of para-hydroxylation sites is 1. The number of anilines is 1. The topological polar surface area (TPSA) is 89.4 Å². The van der Waals surface area contributed by atoms with Crippen molar-refractivity contribution in [2.75, 3.05) is 19.0 Å². The van der Waals surface area contributed by atoms with E-state index < -0.39 is 11.9 Å². The predicted octanol–water partition coefficient (Wildman–Crippen LogP) is 3.65. The normalized spacial score (nSPS) is 10.7. The highest BCUT2D eigenvalue weighted by Crippen LogP contribution is 2.21. The van der Waals surface area contributed by atoms with E-state index in [2.05, 4.69) is 19.9 Å². The summed E-state index contributed by atoms with van der Waals surface area (Å²) in [5.74, 6) is -1.21. The van der Waals surface area contributed by atoms with Crippen LogP contribution in [0.3, 0.4) is 0 Å². The third-order valence-corrected chi connectivity index (χ3v) is 4.93. The Kier molecular flexibility index (Phi) is 7.23. The fraction of sp³-hybridized carbons (Fsp3) is 0.160. The Labute approximate surface area is 186 Å². The van der Waals surface area contributed by atoms with E-state index in [9.17, 15) is 14.4 Å². The van der Waals surface area contributed by atoms with Crippen molar-refractivity contribution < 1.29 is 19.1 Å². The summed E-state index contributed by atoms with van der Waals surface area (Å²) in [7, 11) is 1.25. The van der Waals surface area contributed by atoms with Gasteiger partial charge in [0.1, 0.15) is 6.54 Å². The van der Waals surface area contributed by atoms with Gasteiger partial charge in [-0.2, -0.15) is 0 Å². The van der Waals surface area contributed by atoms with E-state index in [1.807, 2.05) is 50.2 Å². The number of carbonyl (C=O) groups is 3. The molecule has 0 fully saturated rings. The van der Waals surface area contributed by atoms with Crippen LogP contribution in [-0.2, 0) is 14.3 Å². The molecule has 3 rings (SSSR count). The Bertz CT molecular complexity index is 1150. The van der Waals surface area contributed by atoms with Gasteiger partial charge in [-0.15, -0.1) is 0 Å². The molecule has 0 bridgehead atoms. The predicted molar refractivity (Wildman–Crippen MR) is 124 cm³/mol. The van der Waals surface area contributed by atoms with Crippen LogP contribution in [0.15, 0.2) is 66.7 Å². The molecular formula is C25H25N3O4. The largest absolute Gasteiger partial charge is 0.468 e. The first-order chi connectivity index (χ1) is 15.4. The van der Waals surface area contributed by atoms with Crippen LogP contribution in [0.5, 0.6) is 0 Å². The molecule has 0 spiro atoms. The van der Waals surface area contributed by atoms with Crippen molar-refractivity contribution in [3.63, 3.8) is 0 Å². The highest BCUT2D eigenvalue weighted by molar-refractivity contribution is 6.02. The van der Waals surface area contributed by atoms with Crippen LogP contribution in [0.2, 0.25) is 0 Å². The molecule has 1 aromatic heterocycles. The standard InChI is InChI=1S/C25H25N3O4/c1-17-15-20(18(2)28(17)22-7-5-4-6-8-22)11-14-23(29)27-21-12-9-19(10-13-21)25(31)26-16-24(30)32-3/h4-15H,16H2,1-3H3,(H,26,31)(H,27,29)/b14-11+. The lowest BCUT2D eigenvalue weighted by Crippen LogP contribution is -2.30. The minimum Gasteiger partial charge on any atom is -0.468 e. The Balaban J connectivity index is 1.62. The number of ether oxygens (including phenoxy) is 1. The number of aromatic nitrogens is 1. The number of amides is 2. The van der Waals surface area contributed by atoms with Gasteiger partial charge in [-0.05, 0) is 68.0 Å². The second-order valence-corrected chi connectivity index (χ2v) is 7.16. The minimum absolute atomic E-state index is 0.205. The summed E-state index contributed by atoms with van der Waals surface area (Å²) in [4.78, 5) is 35.5. The molecule has 3 aromatic rings. The second kappa shape index (κ2) is 10.3. The Morgan fingerprint density at radius 1 is 1.00 bits per heavy atom. The van der Waals surface area contributed by atoms with Gasteiger partial charge in [-0.3, -0.25) is 14.4 Å². The lowest BCUT2D eigenvalue weighted by atomic mass is 10.2. The van der Waals surface area contributed by atoms with E-state index in [0.29, 0.717) is 11.3 Å². The first-order valence-corrected chi connectivity index (χ1v) is 10.1. The second-order valence-electron chi connectivity index (χ2n) is 7.16. The maximum atomic E-state index is 12.4. The van der Waals surface area contributed by atoms with Gasteiger partial charge in [0.25, 0.3) is 5.91 Å². The summed E-state index contributed by atoms with van der Waals surface area (Å²) in [6.45, 7) is 3.84. The number of esters is 1. The molecular weight excluding hydrogens is 406 g/mol. The maximum Gasteiger partial charge on any atom is 0.325 e. The summed E-state index contributed by atoms with van der Waals surface area (Å²) in [6.07, 6.45) is 3.26. The summed E-state index contributed by atoms with van der Waals surface area (Å²) >= 11 is 0. The van der Waals surface area contributed by atoms with Crippen molar-refractivity contribution >= 4 is 29.5 Å². The number of carbonyl (C=O) groups excluding carboxylic acids is 3. The summed E-state index contributed by atoms with van der Waals surface area (Å²) in [6, 6.07) is 18.5. The van der Waals surface area contributed by atoms with E-state index in [1.54, 1.807) is 30.3 Å². The van der Waals surface area contributed by atoms with Gasteiger partial charge in [0.15, 0.2) is 0 Å². The molecule has 2 aromatic carbocycles. The van der Waals surface area contributed by atoms with E-state index in [1.165, 1.54) is 13.2 Å². The Morgan fingerprint density at radius 2 is 1.69 bits per heavy atom. The summed E-state index contributed by atoms with van der Waals surface area (Å²) in [5.41, 5.74) is 5.08. The fourth-order valence-corrected chi connectivity index (χ4v) is 3.31. The SMILES string of the molecule is COC(=O)CNC(=O)c1ccc(NC(=O)/C=C/c2cc(C)n(-c3ccccc3)c2C)cc1. The van der Waals surface area contributed by atoms with Crippen LogP contribution in [0, 0.1) is 13.8 Å². The first kappa shape index (κ1) is 22.6. The van der Waals surface area contributed by atoms with Crippen LogP contribution in [-0.4, -0.2) is 36.0 Å². The fourth-order valence-electron chi connectivity index (χ4n) is 3.31. The number of benzene rings is 2. The van der Waals surface area contributed by atoms with Crippen LogP contribution in [0.25, 0.3) is 11.8 Å². The molecule has 164 valence electrons. The van der Waals surface area contributed by atoms with Crippen LogP contribution in [0.1, 0.15) is 27.3 Å². The molecule has 0 saturated carbocycles. The van der Waals surface area contributed by atoms with Gasteiger partial charge in [-0.25, -0.2) is 0 Å². The van der Waals surface area contributed by atoms with Gasteiger partial charge in [0.2, 0.25) is 5.91 Å². The van der Waals surface area contributed by atoms with Gasteiger partial charge < -0.3 is 19.9 Å². The minimum atomic E-state index is -0.529. The van der Waals surface area contributed by atoms with E-state index >= 15 is 0 Å². The molecule has 7 nitrogen and oxygen atoms in total. The number of hydrogen-bond donors (Lipinski definition) is 2. The first-order valence-electron chi connectivity index (χ1n) is 10.1. The molecule has 0 unspecified atom stereocenters. The summed E-state index contributed by atoms with van der Waals surface area (Å²) in [5, 5.41) is 5.23. The molecule has 1 heterocycles. The highest BCUT2D eigenvalue weighted by atomic mass is 16.5. The molecule has 0 aliphatic heterocycles. The Hall–Kier alpha value is -4.13. The van der Waals surface area contributed by atoms with Crippen LogP contribution < -0.4 is 10.6 Å². The molecule has 0 aliphatic rings. The van der Waals surface area contributed by atoms with Crippen molar-refractivity contribution in [1.29, 1.82) is 0 Å². The van der Waals surface area contributed by atoms with Crippen molar-refractivity contribution in [1.82, 2.24) is 9.88 Å². The average molecular weight is 431 g/mol. The molecule has 32 heavy (non-hydrogen) atoms. The van der Waals surface area contributed by atoms with Crippen molar-refractivity contribution in [3.05, 3.63) is 89.3 Å². The van der Waals surface area contributed by atoms with Crippen molar-refractivity contribution in [2.45, 2.75) is 13.8 Å². The average Bonchev–Trinajstić information content (AvgIpc) is 3.09. The number of rotatable bonds is 7. The third-order valence-electron chi connectivity index (χ3n) is 4.93. The molecule has 0 saturated heterocycles. The zero-order valence-corrected chi connectivity index (χ0v) is 18.2. The smallest absolute Gasteiger partial charge is 0.325 e. The quantitative estimate of drug-likeness (QED) is 0.441. The van der Waals surface area contributed by atoms with Crippen molar-refractivity contribution in [2.24, 2.45) is 0 Å². The molecule has 2 amide bonds. The molecule has 2 N–H and O–H groups in total. The van der Waals surface area contributed by atoms with Crippen molar-refractivity contribution in [3.8, 4) is 5.69 Å². The van der Waals surface area contributed by atoms with E-state index in [0.717, 1.165) is 22.6 Å². The number of hydrogen-bond acceptors (Lipinski definition) is 4. The molecule has 0 radical (unpaired) electrons.